The van der Waals surface area contributed by atoms with Crippen LogP contribution in [0.25, 0.3) is 0 Å². The van der Waals surface area contributed by atoms with Crippen LogP contribution in [-0.4, -0.2) is 19.1 Å². The minimum Gasteiger partial charge on any atom is -0.495 e. The van der Waals surface area contributed by atoms with Crippen LogP contribution in [0.1, 0.15) is 23.6 Å². The lowest BCUT2D eigenvalue weighted by molar-refractivity contribution is 0.413. The number of pyridine rings is 1. The molecule has 0 aliphatic rings. The predicted molar refractivity (Wildman–Crippen MR) is 82.4 cm³/mol. The molecule has 1 aromatic heterocycles. The molecule has 0 radical (unpaired) electrons. The second-order valence-corrected chi connectivity index (χ2v) is 5.04. The van der Waals surface area contributed by atoms with Gasteiger partial charge in [-0.2, -0.15) is 0 Å². The van der Waals surface area contributed by atoms with Gasteiger partial charge in [0.15, 0.2) is 0 Å². The Kier molecular flexibility index (Phi) is 5.39. The van der Waals surface area contributed by atoms with Crippen LogP contribution in [0.15, 0.2) is 42.7 Å². The number of aromatic nitrogens is 1. The first-order chi connectivity index (χ1) is 9.74. The number of ether oxygens (including phenoxy) is 1. The number of benzene rings is 1. The van der Waals surface area contributed by atoms with Crippen molar-refractivity contribution in [1.82, 2.24) is 10.3 Å². The predicted octanol–water partition coefficient (Wildman–Crippen LogP) is 3.64. The number of nitrogens with one attached hydrogen (secondary N) is 1. The highest BCUT2D eigenvalue weighted by atomic mass is 35.5. The molecule has 0 aliphatic heterocycles. The summed E-state index contributed by atoms with van der Waals surface area (Å²) in [6, 6.07) is 10.2. The summed E-state index contributed by atoms with van der Waals surface area (Å²) in [5.41, 5.74) is 2.42. The van der Waals surface area contributed by atoms with E-state index in [9.17, 15) is 0 Å². The van der Waals surface area contributed by atoms with Crippen molar-refractivity contribution in [3.8, 4) is 5.75 Å². The Morgan fingerprint density at radius 2 is 2.20 bits per heavy atom. The molecule has 0 bridgehead atoms. The van der Waals surface area contributed by atoms with Gasteiger partial charge in [-0.05, 0) is 49.2 Å². The summed E-state index contributed by atoms with van der Waals surface area (Å²) in [4.78, 5) is 4.14. The third-order valence-corrected chi connectivity index (χ3v) is 3.68. The first-order valence-electron chi connectivity index (χ1n) is 6.64. The van der Waals surface area contributed by atoms with E-state index >= 15 is 0 Å². The minimum absolute atomic E-state index is 0.265. The third kappa shape index (κ3) is 3.71. The van der Waals surface area contributed by atoms with Crippen LogP contribution in [0, 0.1) is 0 Å². The molecule has 1 unspecified atom stereocenters. The average Bonchev–Trinajstić information content (AvgIpc) is 2.50. The van der Waals surface area contributed by atoms with Gasteiger partial charge in [-0.25, -0.2) is 0 Å². The van der Waals surface area contributed by atoms with Gasteiger partial charge in [-0.15, -0.1) is 0 Å². The smallest absolute Gasteiger partial charge is 0.137 e. The fourth-order valence-electron chi connectivity index (χ4n) is 2.23. The number of nitrogens with zero attached hydrogens (tertiary/aromatic N) is 1. The molecule has 0 aliphatic carbocycles. The van der Waals surface area contributed by atoms with Crippen molar-refractivity contribution < 1.29 is 4.74 Å². The lowest BCUT2D eigenvalue weighted by atomic mass is 9.99. The van der Waals surface area contributed by atoms with Gasteiger partial charge in [0.25, 0.3) is 0 Å². The van der Waals surface area contributed by atoms with Crippen molar-refractivity contribution >= 4 is 11.6 Å². The molecule has 0 saturated carbocycles. The topological polar surface area (TPSA) is 34.2 Å². The lowest BCUT2D eigenvalue weighted by Crippen LogP contribution is -2.17. The standard InChI is InChI=1S/C16H19ClN2O/c1-18-15(8-5-12-4-3-9-19-11-12)13-6-7-14(17)16(10-13)20-2/h3-4,6-7,9-11,15,18H,5,8H2,1-2H3. The van der Waals surface area contributed by atoms with Gasteiger partial charge in [0.05, 0.1) is 12.1 Å². The van der Waals surface area contributed by atoms with Crippen LogP contribution in [-0.2, 0) is 6.42 Å². The molecule has 0 amide bonds. The molecule has 1 atom stereocenters. The summed E-state index contributed by atoms with van der Waals surface area (Å²) in [5, 5.41) is 3.98. The Balaban J connectivity index is 2.08. The number of methoxy groups -OCH3 is 1. The van der Waals surface area contributed by atoms with Crippen molar-refractivity contribution in [2.45, 2.75) is 18.9 Å². The first kappa shape index (κ1) is 14.8. The van der Waals surface area contributed by atoms with Gasteiger partial charge in [-0.3, -0.25) is 4.98 Å². The molecule has 1 aromatic carbocycles. The fraction of sp³-hybridized carbons (Fsp3) is 0.312. The minimum atomic E-state index is 0.265. The normalized spacial score (nSPS) is 12.2. The van der Waals surface area contributed by atoms with Gasteiger partial charge >= 0.3 is 0 Å². The zero-order valence-electron chi connectivity index (χ0n) is 11.8. The quantitative estimate of drug-likeness (QED) is 0.882. The summed E-state index contributed by atoms with van der Waals surface area (Å²) >= 11 is 6.06. The van der Waals surface area contributed by atoms with Gasteiger partial charge < -0.3 is 10.1 Å². The molecule has 20 heavy (non-hydrogen) atoms. The number of hydrogen-bond acceptors (Lipinski definition) is 3. The van der Waals surface area contributed by atoms with Crippen molar-refractivity contribution in [2.75, 3.05) is 14.2 Å². The summed E-state index contributed by atoms with van der Waals surface area (Å²) < 4.78 is 5.27. The Labute approximate surface area is 124 Å². The Morgan fingerprint density at radius 1 is 1.35 bits per heavy atom. The molecule has 2 rings (SSSR count). The molecule has 0 saturated heterocycles. The number of rotatable bonds is 6. The van der Waals surface area contributed by atoms with E-state index in [2.05, 4.69) is 16.4 Å². The van der Waals surface area contributed by atoms with Crippen LogP contribution in [0.4, 0.5) is 0 Å². The SMILES string of the molecule is CNC(CCc1cccnc1)c1ccc(Cl)c(OC)c1. The third-order valence-electron chi connectivity index (χ3n) is 3.37. The average molecular weight is 291 g/mol. The summed E-state index contributed by atoms with van der Waals surface area (Å²) in [6.45, 7) is 0. The number of hydrogen-bond donors (Lipinski definition) is 1. The van der Waals surface area contributed by atoms with E-state index in [1.807, 2.05) is 37.5 Å². The maximum Gasteiger partial charge on any atom is 0.137 e. The van der Waals surface area contributed by atoms with Crippen molar-refractivity contribution in [1.29, 1.82) is 0 Å². The van der Waals surface area contributed by atoms with Gasteiger partial charge in [0, 0.05) is 18.4 Å². The highest BCUT2D eigenvalue weighted by Crippen LogP contribution is 2.29. The van der Waals surface area contributed by atoms with Gasteiger partial charge in [-0.1, -0.05) is 23.7 Å². The molecule has 3 nitrogen and oxygen atoms in total. The van der Waals surface area contributed by atoms with Crippen LogP contribution < -0.4 is 10.1 Å². The van der Waals surface area contributed by atoms with Crippen molar-refractivity contribution in [3.63, 3.8) is 0 Å². The van der Waals surface area contributed by atoms with Crippen LogP contribution in [0.2, 0.25) is 5.02 Å². The van der Waals surface area contributed by atoms with Gasteiger partial charge in [0.2, 0.25) is 0 Å². The maximum absolute atomic E-state index is 6.06. The van der Waals surface area contributed by atoms with E-state index in [-0.39, 0.29) is 6.04 Å². The second-order valence-electron chi connectivity index (χ2n) is 4.64. The van der Waals surface area contributed by atoms with Gasteiger partial charge in [0.1, 0.15) is 5.75 Å². The summed E-state index contributed by atoms with van der Waals surface area (Å²) in [6.07, 6.45) is 5.68. The highest BCUT2D eigenvalue weighted by molar-refractivity contribution is 6.32. The zero-order chi connectivity index (χ0) is 14.4. The van der Waals surface area contributed by atoms with E-state index in [0.717, 1.165) is 12.8 Å². The first-order valence-corrected chi connectivity index (χ1v) is 7.02. The van der Waals surface area contributed by atoms with E-state index in [1.54, 1.807) is 13.3 Å². The molecule has 0 fully saturated rings. The molecule has 106 valence electrons. The Hall–Kier alpha value is -1.58. The van der Waals surface area contributed by atoms with Crippen molar-refractivity contribution in [3.05, 3.63) is 58.9 Å². The zero-order valence-corrected chi connectivity index (χ0v) is 12.5. The largest absolute Gasteiger partial charge is 0.495 e. The monoisotopic (exact) mass is 290 g/mol. The molecule has 1 heterocycles. The molecular formula is C16H19ClN2O. The molecule has 2 aromatic rings. The van der Waals surface area contributed by atoms with Crippen LogP contribution in [0.5, 0.6) is 5.75 Å². The molecule has 1 N–H and O–H groups in total. The van der Waals surface area contributed by atoms with Crippen LogP contribution >= 0.6 is 11.6 Å². The van der Waals surface area contributed by atoms with Crippen LogP contribution in [0.3, 0.4) is 0 Å². The highest BCUT2D eigenvalue weighted by Gasteiger charge is 2.12. The van der Waals surface area contributed by atoms with E-state index < -0.39 is 0 Å². The molecular weight excluding hydrogens is 272 g/mol. The molecule has 4 heteroatoms. The summed E-state index contributed by atoms with van der Waals surface area (Å²) in [5.74, 6) is 0.714. The number of halogens is 1. The second kappa shape index (κ2) is 7.27. The van der Waals surface area contributed by atoms with E-state index in [1.165, 1.54) is 11.1 Å². The summed E-state index contributed by atoms with van der Waals surface area (Å²) in [7, 11) is 3.60. The Morgan fingerprint density at radius 3 is 2.85 bits per heavy atom. The molecule has 0 spiro atoms. The maximum atomic E-state index is 6.06. The van der Waals surface area contributed by atoms with E-state index in [0.29, 0.717) is 10.8 Å². The van der Waals surface area contributed by atoms with Crippen molar-refractivity contribution in [2.24, 2.45) is 0 Å². The number of aryl methyl sites for hydroxylation is 1. The lowest BCUT2D eigenvalue weighted by Gasteiger charge is -2.18. The van der Waals surface area contributed by atoms with E-state index in [4.69, 9.17) is 16.3 Å². The Bertz CT molecular complexity index is 545. The fourth-order valence-corrected chi connectivity index (χ4v) is 2.42.